The third-order valence-electron chi connectivity index (χ3n) is 4.51. The number of hydrogen-bond acceptors (Lipinski definition) is 1. The summed E-state index contributed by atoms with van der Waals surface area (Å²) >= 11 is 0. The quantitative estimate of drug-likeness (QED) is 0.833. The van der Waals surface area contributed by atoms with Crippen LogP contribution in [0.3, 0.4) is 0 Å². The van der Waals surface area contributed by atoms with Crippen LogP contribution in [0.25, 0.3) is 0 Å². The summed E-state index contributed by atoms with van der Waals surface area (Å²) in [6.07, 6.45) is 3.35. The number of carbonyl (C=O) groups is 1. The predicted octanol–water partition coefficient (Wildman–Crippen LogP) is 3.95. The molecule has 0 spiro atoms. The molecule has 0 heterocycles. The highest BCUT2D eigenvalue weighted by Gasteiger charge is 2.52. The van der Waals surface area contributed by atoms with Gasteiger partial charge in [-0.3, -0.25) is 4.79 Å². The number of carbonyl (C=O) groups excluding carboxylic acids is 1. The SMILES string of the molecule is Cc1cc(C)c(NC(=O)C2([PH+](C)C)CCC2)c(C)c1. The molecule has 1 aromatic carbocycles. The van der Waals surface area contributed by atoms with Crippen LogP contribution in [0.5, 0.6) is 0 Å². The molecule has 0 aliphatic heterocycles. The van der Waals surface area contributed by atoms with Crippen molar-refractivity contribution in [1.82, 2.24) is 0 Å². The van der Waals surface area contributed by atoms with E-state index >= 15 is 0 Å². The molecule has 104 valence electrons. The smallest absolute Gasteiger partial charge is 0.267 e. The van der Waals surface area contributed by atoms with Crippen LogP contribution in [0, 0.1) is 20.8 Å². The van der Waals surface area contributed by atoms with Crippen molar-refractivity contribution in [1.29, 1.82) is 0 Å². The molecule has 0 saturated heterocycles. The van der Waals surface area contributed by atoms with Crippen molar-refractivity contribution in [3.05, 3.63) is 28.8 Å². The Balaban J connectivity index is 2.24. The van der Waals surface area contributed by atoms with Crippen molar-refractivity contribution >= 4 is 19.5 Å². The van der Waals surface area contributed by atoms with Crippen molar-refractivity contribution in [2.24, 2.45) is 0 Å². The fraction of sp³-hybridized carbons (Fsp3) is 0.562. The van der Waals surface area contributed by atoms with E-state index in [4.69, 9.17) is 0 Å². The zero-order valence-electron chi connectivity index (χ0n) is 12.7. The highest BCUT2D eigenvalue weighted by Crippen LogP contribution is 2.56. The molecule has 0 bridgehead atoms. The van der Waals surface area contributed by atoms with E-state index in [0.717, 1.165) is 18.5 Å². The van der Waals surface area contributed by atoms with Gasteiger partial charge in [0.2, 0.25) is 0 Å². The average molecular weight is 278 g/mol. The Morgan fingerprint density at radius 2 is 1.68 bits per heavy atom. The van der Waals surface area contributed by atoms with Gasteiger partial charge in [-0.25, -0.2) is 0 Å². The van der Waals surface area contributed by atoms with Gasteiger partial charge in [0, 0.05) is 26.9 Å². The minimum atomic E-state index is -0.599. The first-order chi connectivity index (χ1) is 8.86. The summed E-state index contributed by atoms with van der Waals surface area (Å²) in [7, 11) is -0.599. The van der Waals surface area contributed by atoms with Gasteiger partial charge in [0.1, 0.15) is 0 Å². The fourth-order valence-electron chi connectivity index (χ4n) is 3.09. The summed E-state index contributed by atoms with van der Waals surface area (Å²) in [5.41, 5.74) is 4.61. The molecule has 1 aliphatic rings. The zero-order chi connectivity index (χ0) is 14.2. The molecule has 1 aromatic rings. The number of aryl methyl sites for hydroxylation is 3. The number of rotatable bonds is 3. The lowest BCUT2D eigenvalue weighted by Gasteiger charge is -2.38. The van der Waals surface area contributed by atoms with Gasteiger partial charge in [-0.05, 0) is 51.2 Å². The molecule has 3 heteroatoms. The predicted molar refractivity (Wildman–Crippen MR) is 86.0 cm³/mol. The van der Waals surface area contributed by atoms with Crippen LogP contribution >= 0.6 is 7.92 Å². The number of anilines is 1. The molecular formula is C16H25NOP+. The first-order valence-corrected chi connectivity index (χ1v) is 9.57. The van der Waals surface area contributed by atoms with E-state index in [1.54, 1.807) is 0 Å². The molecule has 1 amide bonds. The minimum Gasteiger partial charge on any atom is -0.322 e. The number of amides is 1. The van der Waals surface area contributed by atoms with E-state index in [1.807, 2.05) is 0 Å². The van der Waals surface area contributed by atoms with Crippen molar-refractivity contribution in [3.63, 3.8) is 0 Å². The largest absolute Gasteiger partial charge is 0.322 e. The maximum absolute atomic E-state index is 12.7. The lowest BCUT2D eigenvalue weighted by atomic mass is 9.83. The standard InChI is InChI=1S/C16H24NOP/c1-11-9-12(2)14(13(3)10-11)17-15(18)16(19(4)5)7-6-8-16/h9-10H,6-8H2,1-5H3,(H,17,18)/p+1. The van der Waals surface area contributed by atoms with Crippen LogP contribution in [0.15, 0.2) is 12.1 Å². The topological polar surface area (TPSA) is 29.1 Å². The lowest BCUT2D eigenvalue weighted by Crippen LogP contribution is -2.46. The van der Waals surface area contributed by atoms with Crippen LogP contribution in [-0.4, -0.2) is 24.4 Å². The molecule has 0 unspecified atom stereocenters. The third-order valence-corrected chi connectivity index (χ3v) is 7.16. The maximum Gasteiger partial charge on any atom is 0.267 e. The van der Waals surface area contributed by atoms with Crippen LogP contribution < -0.4 is 5.32 Å². The van der Waals surface area contributed by atoms with Crippen LogP contribution in [0.1, 0.15) is 36.0 Å². The summed E-state index contributed by atoms with van der Waals surface area (Å²) in [5.74, 6) is 0.257. The first kappa shape index (κ1) is 14.5. The molecule has 1 saturated carbocycles. The fourth-order valence-corrected chi connectivity index (χ4v) is 4.96. The summed E-state index contributed by atoms with van der Waals surface area (Å²) in [4.78, 5) is 12.7. The van der Waals surface area contributed by atoms with Gasteiger partial charge in [0.05, 0.1) is 0 Å². The van der Waals surface area contributed by atoms with E-state index in [-0.39, 0.29) is 11.1 Å². The summed E-state index contributed by atoms with van der Waals surface area (Å²) in [5, 5.41) is 3.18. The van der Waals surface area contributed by atoms with Gasteiger partial charge >= 0.3 is 0 Å². The van der Waals surface area contributed by atoms with E-state index < -0.39 is 7.92 Å². The Bertz CT molecular complexity index is 480. The summed E-state index contributed by atoms with van der Waals surface area (Å²) in [6.45, 7) is 10.8. The lowest BCUT2D eigenvalue weighted by molar-refractivity contribution is -0.120. The second-order valence-corrected chi connectivity index (χ2v) is 9.12. The number of benzene rings is 1. The normalized spacial score (nSPS) is 17.2. The highest BCUT2D eigenvalue weighted by molar-refractivity contribution is 7.59. The second kappa shape index (κ2) is 5.25. The monoisotopic (exact) mass is 278 g/mol. The molecule has 1 N–H and O–H groups in total. The summed E-state index contributed by atoms with van der Waals surface area (Å²) < 4.78 is 0. The molecule has 19 heavy (non-hydrogen) atoms. The number of nitrogens with one attached hydrogen (secondary N) is 1. The Morgan fingerprint density at radius 1 is 1.16 bits per heavy atom. The van der Waals surface area contributed by atoms with Crippen molar-refractivity contribution in [3.8, 4) is 0 Å². The van der Waals surface area contributed by atoms with E-state index in [1.165, 1.54) is 23.1 Å². The van der Waals surface area contributed by atoms with E-state index in [2.05, 4.69) is 51.6 Å². The van der Waals surface area contributed by atoms with Crippen molar-refractivity contribution in [2.75, 3.05) is 18.6 Å². The van der Waals surface area contributed by atoms with E-state index in [0.29, 0.717) is 0 Å². The van der Waals surface area contributed by atoms with Crippen LogP contribution in [0.2, 0.25) is 0 Å². The number of hydrogen-bond donors (Lipinski definition) is 1. The van der Waals surface area contributed by atoms with Crippen LogP contribution in [0.4, 0.5) is 5.69 Å². The average Bonchev–Trinajstić information content (AvgIpc) is 2.20. The van der Waals surface area contributed by atoms with Gasteiger partial charge in [0.25, 0.3) is 5.91 Å². The summed E-state index contributed by atoms with van der Waals surface area (Å²) in [6, 6.07) is 4.28. The minimum absolute atomic E-state index is 0.0333. The van der Waals surface area contributed by atoms with Gasteiger partial charge in [-0.1, -0.05) is 17.7 Å². The Hall–Kier alpha value is -0.880. The molecule has 2 nitrogen and oxygen atoms in total. The Labute approximate surface area is 117 Å². The van der Waals surface area contributed by atoms with E-state index in [9.17, 15) is 4.79 Å². The van der Waals surface area contributed by atoms with Gasteiger partial charge in [-0.2, -0.15) is 0 Å². The molecule has 2 rings (SSSR count). The van der Waals surface area contributed by atoms with Crippen molar-refractivity contribution < 1.29 is 4.79 Å². The zero-order valence-corrected chi connectivity index (χ0v) is 13.7. The molecule has 0 radical (unpaired) electrons. The van der Waals surface area contributed by atoms with Gasteiger partial charge in [0.15, 0.2) is 5.16 Å². The maximum atomic E-state index is 12.7. The van der Waals surface area contributed by atoms with Crippen molar-refractivity contribution in [2.45, 2.75) is 45.2 Å². The van der Waals surface area contributed by atoms with Gasteiger partial charge in [-0.15, -0.1) is 0 Å². The molecular weight excluding hydrogens is 253 g/mol. The van der Waals surface area contributed by atoms with Crippen LogP contribution in [-0.2, 0) is 4.79 Å². The molecule has 1 fully saturated rings. The molecule has 0 atom stereocenters. The molecule has 1 aliphatic carbocycles. The highest BCUT2D eigenvalue weighted by atomic mass is 31.1. The second-order valence-electron chi connectivity index (χ2n) is 6.16. The Kier molecular flexibility index (Phi) is 4.01. The Morgan fingerprint density at radius 3 is 2.05 bits per heavy atom. The van der Waals surface area contributed by atoms with Gasteiger partial charge < -0.3 is 5.32 Å². The first-order valence-electron chi connectivity index (χ1n) is 7.07. The third kappa shape index (κ3) is 2.56. The molecule has 0 aromatic heterocycles.